The summed E-state index contributed by atoms with van der Waals surface area (Å²) in [5.74, 6) is -1.00. The first kappa shape index (κ1) is 15.1. The quantitative estimate of drug-likeness (QED) is 0.783. The number of rotatable bonds is 4. The third kappa shape index (κ3) is 3.40. The molecule has 2 amide bonds. The lowest BCUT2D eigenvalue weighted by Gasteiger charge is -2.35. The molecule has 7 nitrogen and oxygen atoms in total. The van der Waals surface area contributed by atoms with E-state index >= 15 is 0 Å². The van der Waals surface area contributed by atoms with Gasteiger partial charge in [-0.05, 0) is 12.8 Å². The Labute approximate surface area is 118 Å². The summed E-state index contributed by atoms with van der Waals surface area (Å²) in [6, 6.07) is -0.371. The van der Waals surface area contributed by atoms with Gasteiger partial charge in [0.05, 0.1) is 6.10 Å². The van der Waals surface area contributed by atoms with Gasteiger partial charge in [-0.1, -0.05) is 0 Å². The van der Waals surface area contributed by atoms with E-state index in [9.17, 15) is 14.7 Å². The molecule has 2 saturated heterocycles. The number of hydrogen-bond acceptors (Lipinski definition) is 4. The Hall–Kier alpha value is -1.34. The van der Waals surface area contributed by atoms with Gasteiger partial charge in [0.15, 0.2) is 0 Å². The Kier molecular flexibility index (Phi) is 4.82. The molecule has 2 N–H and O–H groups in total. The number of carbonyl (C=O) groups excluding carboxylic acids is 1. The molecule has 2 fully saturated rings. The Morgan fingerprint density at radius 2 is 2.05 bits per heavy atom. The fourth-order valence-corrected chi connectivity index (χ4v) is 2.59. The van der Waals surface area contributed by atoms with E-state index in [1.54, 1.807) is 7.05 Å². The first-order valence-electron chi connectivity index (χ1n) is 6.99. The van der Waals surface area contributed by atoms with Crippen LogP contribution in [0.5, 0.6) is 0 Å². The Balaban J connectivity index is 1.91. The van der Waals surface area contributed by atoms with Gasteiger partial charge in [0.2, 0.25) is 0 Å². The summed E-state index contributed by atoms with van der Waals surface area (Å²) in [5, 5.41) is 12.0. The molecule has 114 valence electrons. The lowest BCUT2D eigenvalue weighted by Crippen LogP contribution is -2.60. The summed E-state index contributed by atoms with van der Waals surface area (Å²) in [4.78, 5) is 25.1. The minimum Gasteiger partial charge on any atom is -0.480 e. The molecule has 2 rings (SSSR count). The van der Waals surface area contributed by atoms with Gasteiger partial charge >= 0.3 is 12.0 Å². The van der Waals surface area contributed by atoms with E-state index in [2.05, 4.69) is 5.32 Å². The zero-order valence-corrected chi connectivity index (χ0v) is 11.8. The number of carbonyl (C=O) groups is 2. The van der Waals surface area contributed by atoms with Crippen molar-refractivity contribution in [3.8, 4) is 0 Å². The molecule has 0 spiro atoms. The van der Waals surface area contributed by atoms with E-state index in [1.165, 1.54) is 4.90 Å². The van der Waals surface area contributed by atoms with Crippen LogP contribution in [-0.4, -0.2) is 67.1 Å². The van der Waals surface area contributed by atoms with Crippen molar-refractivity contribution in [1.29, 1.82) is 0 Å². The second kappa shape index (κ2) is 6.41. The van der Waals surface area contributed by atoms with Gasteiger partial charge in [-0.15, -0.1) is 0 Å². The number of carboxylic acid groups (broad SMARTS) is 1. The van der Waals surface area contributed by atoms with Crippen molar-refractivity contribution < 1.29 is 24.2 Å². The second-order valence-corrected chi connectivity index (χ2v) is 5.45. The van der Waals surface area contributed by atoms with Crippen molar-refractivity contribution in [2.75, 3.05) is 33.4 Å². The van der Waals surface area contributed by atoms with Crippen molar-refractivity contribution in [2.24, 2.45) is 0 Å². The largest absolute Gasteiger partial charge is 0.480 e. The Morgan fingerprint density at radius 1 is 1.35 bits per heavy atom. The predicted octanol–water partition coefficient (Wildman–Crippen LogP) is 0.441. The summed E-state index contributed by atoms with van der Waals surface area (Å²) in [6.45, 7) is 1.92. The van der Waals surface area contributed by atoms with Crippen LogP contribution < -0.4 is 5.32 Å². The first-order valence-corrected chi connectivity index (χ1v) is 6.99. The Bertz CT molecular complexity index is 362. The van der Waals surface area contributed by atoms with Gasteiger partial charge in [-0.3, -0.25) is 0 Å². The topological polar surface area (TPSA) is 88.1 Å². The zero-order valence-electron chi connectivity index (χ0n) is 11.8. The standard InChI is InChI=1S/C13H22N2O5/c1-15(9-10-3-2-6-20-10)12(18)14-13(11(16)17)4-7-19-8-5-13/h10H,2-9H2,1H3,(H,14,18)(H,16,17). The van der Waals surface area contributed by atoms with Crippen LogP contribution in [0, 0.1) is 0 Å². The van der Waals surface area contributed by atoms with E-state index in [0.717, 1.165) is 19.4 Å². The molecule has 0 aromatic heterocycles. The molecular weight excluding hydrogens is 264 g/mol. The molecule has 0 saturated carbocycles. The molecule has 2 aliphatic rings. The number of hydrogen-bond donors (Lipinski definition) is 2. The normalized spacial score (nSPS) is 25.1. The fourth-order valence-electron chi connectivity index (χ4n) is 2.59. The number of carboxylic acids is 1. The van der Waals surface area contributed by atoms with Crippen LogP contribution in [0.15, 0.2) is 0 Å². The lowest BCUT2D eigenvalue weighted by atomic mass is 9.90. The van der Waals surface area contributed by atoms with Crippen LogP contribution in [0.1, 0.15) is 25.7 Å². The molecule has 0 aliphatic carbocycles. The van der Waals surface area contributed by atoms with Crippen LogP contribution in [0.25, 0.3) is 0 Å². The van der Waals surface area contributed by atoms with Gasteiger partial charge < -0.3 is 24.8 Å². The fraction of sp³-hybridized carbons (Fsp3) is 0.846. The van der Waals surface area contributed by atoms with Crippen molar-refractivity contribution in [1.82, 2.24) is 10.2 Å². The number of nitrogens with zero attached hydrogens (tertiary/aromatic N) is 1. The molecule has 0 radical (unpaired) electrons. The minimum atomic E-state index is -1.21. The Morgan fingerprint density at radius 3 is 2.60 bits per heavy atom. The number of likely N-dealkylation sites (N-methyl/N-ethyl adjacent to an activating group) is 1. The molecule has 0 bridgehead atoms. The van der Waals surface area contributed by atoms with Crippen molar-refractivity contribution in [3.05, 3.63) is 0 Å². The highest BCUT2D eigenvalue weighted by Gasteiger charge is 2.42. The monoisotopic (exact) mass is 286 g/mol. The highest BCUT2D eigenvalue weighted by atomic mass is 16.5. The maximum absolute atomic E-state index is 12.2. The van der Waals surface area contributed by atoms with E-state index in [1.807, 2.05) is 0 Å². The van der Waals surface area contributed by atoms with Gasteiger partial charge in [0.1, 0.15) is 5.54 Å². The van der Waals surface area contributed by atoms with E-state index in [-0.39, 0.29) is 12.1 Å². The SMILES string of the molecule is CN(CC1CCCO1)C(=O)NC1(C(=O)O)CCOCC1. The lowest BCUT2D eigenvalue weighted by molar-refractivity contribution is -0.148. The summed E-state index contributed by atoms with van der Waals surface area (Å²) < 4.78 is 10.7. The van der Waals surface area contributed by atoms with Crippen molar-refractivity contribution in [3.63, 3.8) is 0 Å². The average molecular weight is 286 g/mol. The number of nitrogens with one attached hydrogen (secondary N) is 1. The van der Waals surface area contributed by atoms with Crippen LogP contribution in [0.3, 0.4) is 0 Å². The van der Waals surface area contributed by atoms with Crippen LogP contribution in [-0.2, 0) is 14.3 Å². The maximum atomic E-state index is 12.2. The molecule has 20 heavy (non-hydrogen) atoms. The summed E-state index contributed by atoms with van der Waals surface area (Å²) in [5.41, 5.74) is -1.21. The second-order valence-electron chi connectivity index (χ2n) is 5.45. The third-order valence-electron chi connectivity index (χ3n) is 3.95. The predicted molar refractivity (Wildman–Crippen MR) is 70.6 cm³/mol. The summed E-state index contributed by atoms with van der Waals surface area (Å²) in [7, 11) is 1.66. The first-order chi connectivity index (χ1) is 9.53. The molecule has 2 aliphatic heterocycles. The third-order valence-corrected chi connectivity index (χ3v) is 3.95. The summed E-state index contributed by atoms with van der Waals surface area (Å²) in [6.07, 6.45) is 2.59. The van der Waals surface area contributed by atoms with Crippen molar-refractivity contribution >= 4 is 12.0 Å². The van der Waals surface area contributed by atoms with Crippen molar-refractivity contribution in [2.45, 2.75) is 37.3 Å². The van der Waals surface area contributed by atoms with E-state index in [4.69, 9.17) is 9.47 Å². The highest BCUT2D eigenvalue weighted by Crippen LogP contribution is 2.21. The smallest absolute Gasteiger partial charge is 0.329 e. The minimum absolute atomic E-state index is 0.0567. The zero-order chi connectivity index (χ0) is 14.6. The van der Waals surface area contributed by atoms with Crippen LogP contribution in [0.2, 0.25) is 0 Å². The van der Waals surface area contributed by atoms with Crippen LogP contribution in [0.4, 0.5) is 4.79 Å². The molecule has 7 heteroatoms. The van der Waals surface area contributed by atoms with Gasteiger partial charge in [0.25, 0.3) is 0 Å². The number of amides is 2. The highest BCUT2D eigenvalue weighted by molar-refractivity contribution is 5.86. The van der Waals surface area contributed by atoms with Gasteiger partial charge in [-0.2, -0.15) is 0 Å². The average Bonchev–Trinajstić information content (AvgIpc) is 2.92. The molecular formula is C13H22N2O5. The number of ether oxygens (including phenoxy) is 2. The number of urea groups is 1. The molecule has 2 heterocycles. The summed E-state index contributed by atoms with van der Waals surface area (Å²) >= 11 is 0. The van der Waals surface area contributed by atoms with Gasteiger partial charge in [0, 0.05) is 46.3 Å². The van der Waals surface area contributed by atoms with E-state index in [0.29, 0.717) is 32.6 Å². The van der Waals surface area contributed by atoms with E-state index < -0.39 is 11.5 Å². The van der Waals surface area contributed by atoms with Gasteiger partial charge in [-0.25, -0.2) is 9.59 Å². The molecule has 1 atom stereocenters. The molecule has 0 aromatic rings. The molecule has 1 unspecified atom stereocenters. The number of aliphatic carboxylic acids is 1. The van der Waals surface area contributed by atoms with Crippen LogP contribution >= 0.6 is 0 Å². The maximum Gasteiger partial charge on any atom is 0.329 e. The molecule has 0 aromatic carbocycles.